The molecule has 93 heavy (non-hydrogen) atoms. The first-order chi connectivity index (χ1) is 44.9. The molecule has 0 saturated carbocycles. The van der Waals surface area contributed by atoms with Gasteiger partial charge in [-0.3, -0.25) is 37.3 Å². The maximum Gasteiger partial charge on any atom is 0.472 e. The summed E-state index contributed by atoms with van der Waals surface area (Å²) >= 11 is 0. The molecule has 0 aliphatic carbocycles. The Morgan fingerprint density at radius 3 is 0.817 bits per heavy atom. The molecular formula is C74H144O17P2. The van der Waals surface area contributed by atoms with E-state index in [0.717, 1.165) is 102 Å². The molecule has 0 heterocycles. The van der Waals surface area contributed by atoms with Crippen LogP contribution < -0.4 is 0 Å². The predicted molar refractivity (Wildman–Crippen MR) is 377 cm³/mol. The third-order valence-corrected chi connectivity index (χ3v) is 19.5. The van der Waals surface area contributed by atoms with Crippen molar-refractivity contribution in [1.29, 1.82) is 0 Å². The molecule has 0 spiro atoms. The predicted octanol–water partition coefficient (Wildman–Crippen LogP) is 21.6. The summed E-state index contributed by atoms with van der Waals surface area (Å²) in [5.41, 5.74) is 0. The van der Waals surface area contributed by atoms with E-state index in [1.165, 1.54) is 199 Å². The lowest BCUT2D eigenvalue weighted by Gasteiger charge is -2.21. The number of aliphatic hydroxyl groups is 1. The fourth-order valence-corrected chi connectivity index (χ4v) is 12.8. The third-order valence-electron chi connectivity index (χ3n) is 17.6. The number of phosphoric ester groups is 2. The number of aliphatic hydroxyl groups excluding tert-OH is 1. The Morgan fingerprint density at radius 2 is 0.548 bits per heavy atom. The minimum atomic E-state index is -4.95. The third kappa shape index (κ3) is 67.0. The lowest BCUT2D eigenvalue weighted by atomic mass is 10.00. The number of esters is 4. The molecule has 0 radical (unpaired) electrons. The van der Waals surface area contributed by atoms with E-state index < -0.39 is 97.5 Å². The first-order valence-corrected chi connectivity index (χ1v) is 41.5. The highest BCUT2D eigenvalue weighted by Crippen LogP contribution is 2.45. The molecule has 0 bridgehead atoms. The van der Waals surface area contributed by atoms with Crippen LogP contribution >= 0.6 is 15.6 Å². The van der Waals surface area contributed by atoms with Crippen molar-refractivity contribution in [2.24, 2.45) is 11.8 Å². The van der Waals surface area contributed by atoms with Crippen LogP contribution in [0.15, 0.2) is 0 Å². The largest absolute Gasteiger partial charge is 0.472 e. The topological polar surface area (TPSA) is 237 Å². The lowest BCUT2D eigenvalue weighted by Crippen LogP contribution is -2.30. The molecule has 0 saturated heterocycles. The zero-order chi connectivity index (χ0) is 68.6. The van der Waals surface area contributed by atoms with Gasteiger partial charge in [0.15, 0.2) is 12.2 Å². The van der Waals surface area contributed by atoms with Gasteiger partial charge in [0.05, 0.1) is 26.4 Å². The molecule has 0 aromatic carbocycles. The number of unbranched alkanes of at least 4 members (excludes halogenated alkanes) is 42. The van der Waals surface area contributed by atoms with Crippen molar-refractivity contribution in [3.05, 3.63) is 0 Å². The van der Waals surface area contributed by atoms with Gasteiger partial charge in [-0.25, -0.2) is 9.13 Å². The van der Waals surface area contributed by atoms with Gasteiger partial charge in [0, 0.05) is 25.7 Å². The number of phosphoric acid groups is 2. The van der Waals surface area contributed by atoms with E-state index in [9.17, 15) is 43.2 Å². The molecule has 0 fully saturated rings. The summed E-state index contributed by atoms with van der Waals surface area (Å²) in [7, 11) is -9.90. The zero-order valence-electron chi connectivity index (χ0n) is 60.6. The number of carbonyl (C=O) groups excluding carboxylic acids is 4. The van der Waals surface area contributed by atoms with Crippen molar-refractivity contribution in [3.8, 4) is 0 Å². The van der Waals surface area contributed by atoms with Crippen molar-refractivity contribution in [2.75, 3.05) is 39.6 Å². The van der Waals surface area contributed by atoms with E-state index in [-0.39, 0.29) is 25.7 Å². The van der Waals surface area contributed by atoms with Crippen molar-refractivity contribution in [1.82, 2.24) is 0 Å². The van der Waals surface area contributed by atoms with E-state index in [0.29, 0.717) is 25.7 Å². The first-order valence-electron chi connectivity index (χ1n) is 38.5. The van der Waals surface area contributed by atoms with Gasteiger partial charge < -0.3 is 33.8 Å². The van der Waals surface area contributed by atoms with Crippen LogP contribution in [0, 0.1) is 11.8 Å². The van der Waals surface area contributed by atoms with Crippen LogP contribution in [0.4, 0.5) is 0 Å². The van der Waals surface area contributed by atoms with Gasteiger partial charge >= 0.3 is 39.5 Å². The molecule has 0 rings (SSSR count). The molecule has 17 nitrogen and oxygen atoms in total. The summed E-state index contributed by atoms with van der Waals surface area (Å²) in [6, 6.07) is 0. The molecule has 19 heteroatoms. The van der Waals surface area contributed by atoms with Gasteiger partial charge in [-0.2, -0.15) is 0 Å². The summed E-state index contributed by atoms with van der Waals surface area (Å²) in [6.07, 6.45) is 52.9. The fourth-order valence-electron chi connectivity index (χ4n) is 11.3. The van der Waals surface area contributed by atoms with Gasteiger partial charge in [0.25, 0.3) is 0 Å². The van der Waals surface area contributed by atoms with Crippen LogP contribution in [-0.2, 0) is 65.4 Å². The Labute approximate surface area is 568 Å². The summed E-state index contributed by atoms with van der Waals surface area (Å²) in [5, 5.41) is 10.6. The summed E-state index contributed by atoms with van der Waals surface area (Å²) < 4.78 is 68.4. The average molecular weight is 1370 g/mol. The summed E-state index contributed by atoms with van der Waals surface area (Å²) in [5.74, 6) is -0.660. The molecule has 0 aromatic heterocycles. The highest BCUT2D eigenvalue weighted by Gasteiger charge is 2.30. The van der Waals surface area contributed by atoms with Gasteiger partial charge in [0.2, 0.25) is 0 Å². The number of hydrogen-bond donors (Lipinski definition) is 3. The van der Waals surface area contributed by atoms with Crippen molar-refractivity contribution < 1.29 is 80.2 Å². The van der Waals surface area contributed by atoms with Gasteiger partial charge in [-0.1, -0.05) is 330 Å². The Balaban J connectivity index is 5.18. The average Bonchev–Trinajstić information content (AvgIpc) is 2.54. The second kappa shape index (κ2) is 66.0. The first kappa shape index (κ1) is 91.1. The molecule has 0 aliphatic heterocycles. The normalized spacial score (nSPS) is 14.3. The van der Waals surface area contributed by atoms with Crippen molar-refractivity contribution >= 4 is 39.5 Å². The summed E-state index contributed by atoms with van der Waals surface area (Å²) in [4.78, 5) is 72.6. The van der Waals surface area contributed by atoms with Crippen LogP contribution in [0.1, 0.15) is 382 Å². The standard InChI is InChI=1S/C74H144O17P2/c1-7-10-12-14-16-18-20-21-22-23-24-25-26-27-28-29-30-34-39-46-52-58-73(78)90-69(62-84-72(77)57-51-45-38-35-31-32-36-42-48-54-66(4)5)64-88-92(80,81)86-60-68(75)61-87-93(82,83)89-65-70(91-74(79)59-53-47-41-40-43-49-55-67(6)9-3)63-85-71(76)56-50-44-37-33-19-17-15-13-11-8-2/h66-70,75H,7-65H2,1-6H3,(H,80,81)(H,82,83)/t67?,68-,69-,70-/m1/s1. The molecule has 0 aliphatic rings. The molecule has 552 valence electrons. The van der Waals surface area contributed by atoms with Crippen LogP contribution in [0.5, 0.6) is 0 Å². The van der Waals surface area contributed by atoms with Crippen molar-refractivity contribution in [2.45, 2.75) is 400 Å². The second-order valence-corrected chi connectivity index (χ2v) is 30.3. The van der Waals surface area contributed by atoms with E-state index in [2.05, 4.69) is 41.5 Å². The molecule has 3 N–H and O–H groups in total. The number of hydrogen-bond acceptors (Lipinski definition) is 15. The van der Waals surface area contributed by atoms with Crippen LogP contribution in [0.2, 0.25) is 0 Å². The van der Waals surface area contributed by atoms with E-state index in [4.69, 9.17) is 37.0 Å². The minimum absolute atomic E-state index is 0.103. The highest BCUT2D eigenvalue weighted by molar-refractivity contribution is 7.47. The smallest absolute Gasteiger partial charge is 0.462 e. The molecule has 3 unspecified atom stereocenters. The molecule has 0 amide bonds. The Bertz CT molecular complexity index is 1810. The highest BCUT2D eigenvalue weighted by atomic mass is 31.2. The van der Waals surface area contributed by atoms with Crippen LogP contribution in [0.25, 0.3) is 0 Å². The quantitative estimate of drug-likeness (QED) is 0.0222. The SMILES string of the molecule is CCCCCCCCCCCCCCCCCCCCCCCC(=O)O[C@H](COC(=O)CCCCCCCCCCCC(C)C)COP(=O)(O)OC[C@@H](O)COP(=O)(O)OC[C@@H](COC(=O)CCCCCCCCCCCC)OC(=O)CCCCCCCCC(C)CC. The van der Waals surface area contributed by atoms with Gasteiger partial charge in [-0.05, 0) is 37.5 Å². The second-order valence-electron chi connectivity index (χ2n) is 27.4. The van der Waals surface area contributed by atoms with E-state index >= 15 is 0 Å². The number of ether oxygens (including phenoxy) is 4. The summed E-state index contributed by atoms with van der Waals surface area (Å²) in [6.45, 7) is 9.50. The number of carbonyl (C=O) groups is 4. The van der Waals surface area contributed by atoms with Crippen LogP contribution in [-0.4, -0.2) is 96.7 Å². The number of rotatable bonds is 73. The maximum atomic E-state index is 13.1. The monoisotopic (exact) mass is 1370 g/mol. The van der Waals surface area contributed by atoms with Crippen LogP contribution in [0.3, 0.4) is 0 Å². The van der Waals surface area contributed by atoms with Gasteiger partial charge in [0.1, 0.15) is 19.3 Å². The zero-order valence-corrected chi connectivity index (χ0v) is 62.3. The van der Waals surface area contributed by atoms with E-state index in [1.807, 2.05) is 0 Å². The fraction of sp³-hybridized carbons (Fsp3) is 0.946. The van der Waals surface area contributed by atoms with Gasteiger partial charge in [-0.15, -0.1) is 0 Å². The minimum Gasteiger partial charge on any atom is -0.462 e. The van der Waals surface area contributed by atoms with E-state index in [1.54, 1.807) is 0 Å². The Morgan fingerprint density at radius 1 is 0.312 bits per heavy atom. The molecule has 6 atom stereocenters. The lowest BCUT2D eigenvalue weighted by molar-refractivity contribution is -0.161. The van der Waals surface area contributed by atoms with Crippen molar-refractivity contribution in [3.63, 3.8) is 0 Å². The Hall–Kier alpha value is -1.94. The maximum absolute atomic E-state index is 13.1. The Kier molecular flexibility index (Phi) is 64.6. The molecule has 0 aromatic rings. The molecular weight excluding hydrogens is 1220 g/mol.